The molecule has 2 aromatic rings. The van der Waals surface area contributed by atoms with E-state index in [0.29, 0.717) is 17.8 Å². The molecule has 0 aromatic heterocycles. The first-order valence-corrected chi connectivity index (χ1v) is 9.31. The van der Waals surface area contributed by atoms with Crippen molar-refractivity contribution in [3.63, 3.8) is 0 Å². The summed E-state index contributed by atoms with van der Waals surface area (Å²) in [7, 11) is 0. The monoisotopic (exact) mass is 422 g/mol. The average Bonchev–Trinajstić information content (AvgIpc) is 2.71. The van der Waals surface area contributed by atoms with Gasteiger partial charge in [-0.3, -0.25) is 9.59 Å². The van der Waals surface area contributed by atoms with Gasteiger partial charge in [-0.05, 0) is 36.4 Å². The highest BCUT2D eigenvalue weighted by atomic mass is 19.4. The van der Waals surface area contributed by atoms with Crippen LogP contribution in [-0.4, -0.2) is 49.1 Å². The number of alkyl halides is 3. The number of hydrogen-bond acceptors (Lipinski definition) is 4. The molecule has 0 bridgehead atoms. The van der Waals surface area contributed by atoms with Crippen LogP contribution in [0.15, 0.2) is 48.5 Å². The molecule has 9 heteroatoms. The van der Waals surface area contributed by atoms with Gasteiger partial charge in [0.2, 0.25) is 5.91 Å². The summed E-state index contributed by atoms with van der Waals surface area (Å²) in [5, 5.41) is 2.63. The van der Waals surface area contributed by atoms with Crippen molar-refractivity contribution in [2.75, 3.05) is 31.6 Å². The first-order valence-electron chi connectivity index (χ1n) is 9.31. The predicted octanol–water partition coefficient (Wildman–Crippen LogP) is 3.58. The molecule has 1 heterocycles. The normalized spacial score (nSPS) is 16.8. The third kappa shape index (κ3) is 5.73. The van der Waals surface area contributed by atoms with Gasteiger partial charge < -0.3 is 19.7 Å². The molecule has 30 heavy (non-hydrogen) atoms. The highest BCUT2D eigenvalue weighted by molar-refractivity contribution is 5.96. The molecule has 3 rings (SSSR count). The highest BCUT2D eigenvalue weighted by Gasteiger charge is 2.31. The van der Waals surface area contributed by atoms with Crippen molar-refractivity contribution in [3.05, 3.63) is 59.7 Å². The largest absolute Gasteiger partial charge is 0.491 e. The molecule has 0 spiro atoms. The lowest BCUT2D eigenvalue weighted by molar-refractivity contribution is -0.137. The van der Waals surface area contributed by atoms with Crippen LogP contribution in [0.25, 0.3) is 0 Å². The maximum Gasteiger partial charge on any atom is 0.416 e. The van der Waals surface area contributed by atoms with Crippen molar-refractivity contribution in [2.45, 2.75) is 19.2 Å². The van der Waals surface area contributed by atoms with Crippen LogP contribution >= 0.6 is 0 Å². The first kappa shape index (κ1) is 21.6. The van der Waals surface area contributed by atoms with Gasteiger partial charge in [0.25, 0.3) is 5.91 Å². The van der Waals surface area contributed by atoms with E-state index in [0.717, 1.165) is 12.1 Å². The van der Waals surface area contributed by atoms with Gasteiger partial charge in [0.05, 0.1) is 18.7 Å². The lowest BCUT2D eigenvalue weighted by Gasteiger charge is -2.33. The van der Waals surface area contributed by atoms with Crippen molar-refractivity contribution >= 4 is 17.5 Å². The zero-order valence-corrected chi connectivity index (χ0v) is 16.2. The van der Waals surface area contributed by atoms with E-state index < -0.39 is 17.8 Å². The minimum absolute atomic E-state index is 0.0109. The smallest absolute Gasteiger partial charge is 0.416 e. The molecule has 1 N–H and O–H groups in total. The molecule has 1 fully saturated rings. The fourth-order valence-corrected chi connectivity index (χ4v) is 3.07. The SMILES string of the molecule is CC(=O)Nc1cccc(C(=O)N2CCOC(COc3cccc(C(F)(F)F)c3)C2)c1. The number of morpholine rings is 1. The Kier molecular flexibility index (Phi) is 6.61. The Morgan fingerprint density at radius 2 is 1.97 bits per heavy atom. The number of rotatable bonds is 5. The Bertz CT molecular complexity index is 917. The summed E-state index contributed by atoms with van der Waals surface area (Å²) < 4.78 is 49.5. The molecule has 0 saturated carbocycles. The van der Waals surface area contributed by atoms with Crippen molar-refractivity contribution < 1.29 is 32.2 Å². The zero-order chi connectivity index (χ0) is 21.7. The van der Waals surface area contributed by atoms with Gasteiger partial charge in [0.15, 0.2) is 0 Å². The van der Waals surface area contributed by atoms with Crippen LogP contribution in [0.1, 0.15) is 22.8 Å². The molecule has 2 amide bonds. The summed E-state index contributed by atoms with van der Waals surface area (Å²) in [5.74, 6) is -0.382. The van der Waals surface area contributed by atoms with Crippen LogP contribution in [0.4, 0.5) is 18.9 Å². The Morgan fingerprint density at radius 3 is 2.70 bits per heavy atom. The lowest BCUT2D eigenvalue weighted by Crippen LogP contribution is -2.47. The van der Waals surface area contributed by atoms with Crippen molar-refractivity contribution in [3.8, 4) is 5.75 Å². The number of benzene rings is 2. The summed E-state index contributed by atoms with van der Waals surface area (Å²) >= 11 is 0. The van der Waals surface area contributed by atoms with Crippen LogP contribution in [0.2, 0.25) is 0 Å². The van der Waals surface area contributed by atoms with E-state index in [4.69, 9.17) is 9.47 Å². The standard InChI is InChI=1S/C21H21F3N2O4/c1-14(27)25-17-6-2-4-15(10-17)20(28)26-8-9-29-19(12-26)13-30-18-7-3-5-16(11-18)21(22,23)24/h2-7,10-11,19H,8-9,12-13H2,1H3,(H,25,27). The maximum atomic E-state index is 12.8. The fourth-order valence-electron chi connectivity index (χ4n) is 3.07. The second-order valence-electron chi connectivity index (χ2n) is 6.84. The summed E-state index contributed by atoms with van der Waals surface area (Å²) in [6.45, 7) is 2.29. The van der Waals surface area contributed by atoms with Crippen LogP contribution in [0, 0.1) is 0 Å². The minimum atomic E-state index is -4.45. The number of halogens is 3. The third-order valence-corrected chi connectivity index (χ3v) is 4.45. The Hall–Kier alpha value is -3.07. The number of carbonyl (C=O) groups excluding carboxylic acids is 2. The van der Waals surface area contributed by atoms with Gasteiger partial charge in [-0.15, -0.1) is 0 Å². The molecular formula is C21H21F3N2O4. The molecule has 160 valence electrons. The van der Waals surface area contributed by atoms with E-state index in [9.17, 15) is 22.8 Å². The summed E-state index contributed by atoms with van der Waals surface area (Å²) in [4.78, 5) is 25.6. The van der Waals surface area contributed by atoms with E-state index in [1.807, 2.05) is 0 Å². The van der Waals surface area contributed by atoms with Gasteiger partial charge in [0, 0.05) is 24.7 Å². The topological polar surface area (TPSA) is 67.9 Å². The molecule has 1 saturated heterocycles. The molecule has 6 nitrogen and oxygen atoms in total. The third-order valence-electron chi connectivity index (χ3n) is 4.45. The number of carbonyl (C=O) groups is 2. The van der Waals surface area contributed by atoms with E-state index in [1.54, 1.807) is 29.2 Å². The fraction of sp³-hybridized carbons (Fsp3) is 0.333. The average molecular weight is 422 g/mol. The van der Waals surface area contributed by atoms with Crippen LogP contribution < -0.4 is 10.1 Å². The first-order chi connectivity index (χ1) is 14.2. The quantitative estimate of drug-likeness (QED) is 0.800. The minimum Gasteiger partial charge on any atom is -0.491 e. The molecular weight excluding hydrogens is 401 g/mol. The van der Waals surface area contributed by atoms with Crippen molar-refractivity contribution in [1.82, 2.24) is 4.90 Å². The lowest BCUT2D eigenvalue weighted by atomic mass is 10.1. The zero-order valence-electron chi connectivity index (χ0n) is 16.2. The summed E-state index contributed by atoms with van der Waals surface area (Å²) in [5.41, 5.74) is 0.146. The second-order valence-corrected chi connectivity index (χ2v) is 6.84. The number of ether oxygens (including phenoxy) is 2. The van der Waals surface area contributed by atoms with Gasteiger partial charge >= 0.3 is 6.18 Å². The Labute approximate surface area is 171 Å². The van der Waals surface area contributed by atoms with Gasteiger partial charge in [0.1, 0.15) is 18.5 Å². The van der Waals surface area contributed by atoms with Crippen molar-refractivity contribution in [1.29, 1.82) is 0 Å². The Morgan fingerprint density at radius 1 is 1.20 bits per heavy atom. The number of anilines is 1. The van der Waals surface area contributed by atoms with Crippen LogP contribution in [-0.2, 0) is 15.7 Å². The molecule has 0 radical (unpaired) electrons. The number of hydrogen-bond donors (Lipinski definition) is 1. The highest BCUT2D eigenvalue weighted by Crippen LogP contribution is 2.31. The van der Waals surface area contributed by atoms with E-state index >= 15 is 0 Å². The summed E-state index contributed by atoms with van der Waals surface area (Å²) in [6, 6.07) is 11.2. The number of nitrogens with zero attached hydrogens (tertiary/aromatic N) is 1. The second kappa shape index (κ2) is 9.17. The number of nitrogens with one attached hydrogen (secondary N) is 1. The molecule has 2 aromatic carbocycles. The van der Waals surface area contributed by atoms with Crippen molar-refractivity contribution in [2.24, 2.45) is 0 Å². The van der Waals surface area contributed by atoms with Gasteiger partial charge in [-0.1, -0.05) is 12.1 Å². The van der Waals surface area contributed by atoms with Crippen LogP contribution in [0.3, 0.4) is 0 Å². The molecule has 1 atom stereocenters. The molecule has 0 aliphatic carbocycles. The predicted molar refractivity (Wildman–Crippen MR) is 103 cm³/mol. The van der Waals surface area contributed by atoms with E-state index in [2.05, 4.69) is 5.32 Å². The van der Waals surface area contributed by atoms with Gasteiger partial charge in [-0.2, -0.15) is 13.2 Å². The van der Waals surface area contributed by atoms with E-state index in [-0.39, 0.29) is 37.3 Å². The molecule has 1 unspecified atom stereocenters. The van der Waals surface area contributed by atoms with Gasteiger partial charge in [-0.25, -0.2) is 0 Å². The molecule has 1 aliphatic heterocycles. The van der Waals surface area contributed by atoms with Crippen LogP contribution in [0.5, 0.6) is 5.75 Å². The molecule has 1 aliphatic rings. The summed E-state index contributed by atoms with van der Waals surface area (Å²) in [6.07, 6.45) is -4.92. The number of amides is 2. The Balaban J connectivity index is 1.60. The van der Waals surface area contributed by atoms with E-state index in [1.165, 1.54) is 19.1 Å². The maximum absolute atomic E-state index is 12.8.